The number of hydrogen-bond acceptors (Lipinski definition) is 5. The third-order valence-corrected chi connectivity index (χ3v) is 5.14. The fourth-order valence-electron chi connectivity index (χ4n) is 3.22. The van der Waals surface area contributed by atoms with Crippen molar-refractivity contribution in [3.05, 3.63) is 105 Å². The second-order valence-corrected chi connectivity index (χ2v) is 7.73. The van der Waals surface area contributed by atoms with Crippen LogP contribution < -0.4 is 5.56 Å². The van der Waals surface area contributed by atoms with E-state index in [1.165, 1.54) is 15.1 Å². The maximum absolute atomic E-state index is 13.1. The Bertz CT molecular complexity index is 1530. The molecule has 9 heteroatoms. The van der Waals surface area contributed by atoms with Crippen LogP contribution in [0.3, 0.4) is 0 Å². The summed E-state index contributed by atoms with van der Waals surface area (Å²) in [5, 5.41) is 13.9. The Kier molecular flexibility index (Phi) is 5.26. The topological polar surface area (TPSA) is 76.9 Å². The van der Waals surface area contributed by atoms with Crippen molar-refractivity contribution in [1.29, 1.82) is 0 Å². The molecule has 3 aromatic carbocycles. The first kappa shape index (κ1) is 20.1. The summed E-state index contributed by atoms with van der Waals surface area (Å²) in [5.74, 6) is 0.371. The van der Waals surface area contributed by atoms with Crippen molar-refractivity contribution < 1.29 is 0 Å². The van der Waals surface area contributed by atoms with Crippen LogP contribution >= 0.6 is 23.2 Å². The van der Waals surface area contributed by atoms with Gasteiger partial charge in [-0.25, -0.2) is 9.38 Å². The van der Waals surface area contributed by atoms with Crippen LogP contribution in [0.5, 0.6) is 0 Å². The van der Waals surface area contributed by atoms with E-state index >= 15 is 0 Å². The summed E-state index contributed by atoms with van der Waals surface area (Å²) in [6.45, 7) is 0. The quantitative estimate of drug-likeness (QED) is 0.296. The van der Waals surface area contributed by atoms with E-state index in [9.17, 15) is 4.79 Å². The standard InChI is InChI=1S/C23H14Cl2N6O/c24-16-8-4-10-18(12-16)27-28-22-29-31(19-11-5-9-17(25)13-19)23-26-20(14-21(32)30(22)23)15-6-2-1-3-7-15/h1-14H. The molecule has 7 nitrogen and oxygen atoms in total. The monoisotopic (exact) mass is 460 g/mol. The van der Waals surface area contributed by atoms with Gasteiger partial charge in [-0.3, -0.25) is 4.79 Å². The number of fused-ring (bicyclic) bond motifs is 1. The van der Waals surface area contributed by atoms with Gasteiger partial charge in [-0.2, -0.15) is 4.68 Å². The van der Waals surface area contributed by atoms with Gasteiger partial charge in [0.15, 0.2) is 0 Å². The largest absolute Gasteiger partial charge is 0.276 e. The van der Waals surface area contributed by atoms with Crippen LogP contribution in [0.25, 0.3) is 22.7 Å². The summed E-state index contributed by atoms with van der Waals surface area (Å²) in [4.78, 5) is 17.8. The minimum Gasteiger partial charge on any atom is -0.269 e. The predicted molar refractivity (Wildman–Crippen MR) is 125 cm³/mol. The predicted octanol–water partition coefficient (Wildman–Crippen LogP) is 6.27. The van der Waals surface area contributed by atoms with Crippen molar-refractivity contribution in [3.8, 4) is 16.9 Å². The molecule has 32 heavy (non-hydrogen) atoms. The first-order valence-corrected chi connectivity index (χ1v) is 10.4. The van der Waals surface area contributed by atoms with E-state index in [1.54, 1.807) is 42.5 Å². The Morgan fingerprint density at radius 1 is 0.781 bits per heavy atom. The zero-order chi connectivity index (χ0) is 22.1. The minimum atomic E-state index is -0.331. The highest BCUT2D eigenvalue weighted by Gasteiger charge is 2.17. The molecule has 0 saturated carbocycles. The van der Waals surface area contributed by atoms with Crippen molar-refractivity contribution >= 4 is 40.6 Å². The van der Waals surface area contributed by atoms with Crippen LogP contribution in [0, 0.1) is 0 Å². The molecule has 2 aromatic heterocycles. The number of benzene rings is 3. The number of aromatic nitrogens is 4. The maximum atomic E-state index is 13.1. The molecule has 0 fully saturated rings. The molecule has 0 bridgehead atoms. The summed E-state index contributed by atoms with van der Waals surface area (Å²) in [6, 6.07) is 24.9. The molecule has 0 N–H and O–H groups in total. The maximum Gasteiger partial charge on any atom is 0.276 e. The zero-order valence-electron chi connectivity index (χ0n) is 16.4. The van der Waals surface area contributed by atoms with Gasteiger partial charge in [0, 0.05) is 21.7 Å². The van der Waals surface area contributed by atoms with E-state index in [2.05, 4.69) is 15.3 Å². The Morgan fingerprint density at radius 3 is 2.28 bits per heavy atom. The Balaban J connectivity index is 1.73. The van der Waals surface area contributed by atoms with Crippen molar-refractivity contribution in [2.45, 2.75) is 0 Å². The molecule has 0 atom stereocenters. The summed E-state index contributed by atoms with van der Waals surface area (Å²) < 4.78 is 2.83. The normalized spacial score (nSPS) is 11.4. The molecule has 0 saturated heterocycles. The Hall–Kier alpha value is -3.81. The number of rotatable bonds is 4. The van der Waals surface area contributed by atoms with Gasteiger partial charge in [0.25, 0.3) is 11.5 Å². The van der Waals surface area contributed by atoms with Crippen LogP contribution in [-0.2, 0) is 0 Å². The second kappa shape index (κ2) is 8.37. The highest BCUT2D eigenvalue weighted by molar-refractivity contribution is 6.31. The SMILES string of the molecule is O=c1cc(-c2ccccc2)nc2n(-c3cccc(Cl)c3)nc(N=Nc3cccc(Cl)c3)n12. The third-order valence-electron chi connectivity index (χ3n) is 4.67. The average Bonchev–Trinajstić information content (AvgIpc) is 3.17. The molecule has 5 rings (SSSR count). The second-order valence-electron chi connectivity index (χ2n) is 6.85. The average molecular weight is 461 g/mol. The summed E-state index contributed by atoms with van der Waals surface area (Å²) in [6.07, 6.45) is 0. The number of hydrogen-bond donors (Lipinski definition) is 0. The molecule has 5 aromatic rings. The highest BCUT2D eigenvalue weighted by Crippen LogP contribution is 2.24. The molecule has 156 valence electrons. The van der Waals surface area contributed by atoms with E-state index in [4.69, 9.17) is 28.2 Å². The van der Waals surface area contributed by atoms with Crippen molar-refractivity contribution in [1.82, 2.24) is 19.2 Å². The van der Waals surface area contributed by atoms with Crippen molar-refractivity contribution in [2.24, 2.45) is 10.2 Å². The van der Waals surface area contributed by atoms with Crippen LogP contribution in [-0.4, -0.2) is 19.2 Å². The molecule has 0 amide bonds. The Labute approximate surface area is 192 Å². The first-order valence-electron chi connectivity index (χ1n) is 9.60. The number of azo groups is 1. The molecule has 0 aliphatic carbocycles. The molecule has 2 heterocycles. The van der Waals surface area contributed by atoms with Gasteiger partial charge in [-0.15, -0.1) is 15.3 Å². The minimum absolute atomic E-state index is 0.0806. The summed E-state index contributed by atoms with van der Waals surface area (Å²) in [5.41, 5.74) is 2.17. The molecule has 0 aliphatic heterocycles. The molecular formula is C23H14Cl2N6O. The van der Waals surface area contributed by atoms with Crippen LogP contribution in [0.15, 0.2) is 100.0 Å². The summed E-state index contributed by atoms with van der Waals surface area (Å²) in [7, 11) is 0. The van der Waals surface area contributed by atoms with E-state index < -0.39 is 0 Å². The molecule has 0 spiro atoms. The van der Waals surface area contributed by atoms with E-state index in [0.717, 1.165) is 5.56 Å². The lowest BCUT2D eigenvalue weighted by atomic mass is 10.1. The Morgan fingerprint density at radius 2 is 1.53 bits per heavy atom. The van der Waals surface area contributed by atoms with Gasteiger partial charge in [-0.05, 0) is 36.4 Å². The summed E-state index contributed by atoms with van der Waals surface area (Å²) >= 11 is 12.2. The zero-order valence-corrected chi connectivity index (χ0v) is 17.9. The molecular weight excluding hydrogens is 447 g/mol. The highest BCUT2D eigenvalue weighted by atomic mass is 35.5. The van der Waals surface area contributed by atoms with Gasteiger partial charge >= 0.3 is 0 Å². The molecule has 0 aliphatic rings. The van der Waals surface area contributed by atoms with Gasteiger partial charge < -0.3 is 0 Å². The van der Waals surface area contributed by atoms with Gasteiger partial charge in [0.05, 0.1) is 17.1 Å². The van der Waals surface area contributed by atoms with Gasteiger partial charge in [0.2, 0.25) is 5.78 Å². The van der Waals surface area contributed by atoms with E-state index in [1.807, 2.05) is 36.4 Å². The lowest BCUT2D eigenvalue weighted by Gasteiger charge is -2.04. The molecule has 0 radical (unpaired) electrons. The fraction of sp³-hybridized carbons (Fsp3) is 0. The van der Waals surface area contributed by atoms with Gasteiger partial charge in [0.1, 0.15) is 0 Å². The number of halogens is 2. The smallest absolute Gasteiger partial charge is 0.269 e. The van der Waals surface area contributed by atoms with E-state index in [-0.39, 0.29) is 11.5 Å². The fourth-order valence-corrected chi connectivity index (χ4v) is 3.59. The van der Waals surface area contributed by atoms with Crippen LogP contribution in [0.2, 0.25) is 10.0 Å². The number of nitrogens with zero attached hydrogens (tertiary/aromatic N) is 6. The van der Waals surface area contributed by atoms with E-state index in [0.29, 0.717) is 32.9 Å². The first-order chi connectivity index (χ1) is 15.6. The van der Waals surface area contributed by atoms with Gasteiger partial charge in [-0.1, -0.05) is 65.7 Å². The lowest BCUT2D eigenvalue weighted by Crippen LogP contribution is -2.14. The van der Waals surface area contributed by atoms with Crippen LogP contribution in [0.1, 0.15) is 0 Å². The molecule has 0 unspecified atom stereocenters. The third kappa shape index (κ3) is 3.91. The van der Waals surface area contributed by atoms with Crippen LogP contribution in [0.4, 0.5) is 11.6 Å². The van der Waals surface area contributed by atoms with Crippen molar-refractivity contribution in [3.63, 3.8) is 0 Å². The van der Waals surface area contributed by atoms with Crippen molar-refractivity contribution in [2.75, 3.05) is 0 Å². The lowest BCUT2D eigenvalue weighted by molar-refractivity contribution is 0.891.